The summed E-state index contributed by atoms with van der Waals surface area (Å²) in [7, 11) is 1.42. The molecular formula is C14H16F3NO4. The fourth-order valence-corrected chi connectivity index (χ4v) is 1.74. The number of alkyl halides is 3. The van der Waals surface area contributed by atoms with Gasteiger partial charge in [0.15, 0.2) is 0 Å². The highest BCUT2D eigenvalue weighted by Gasteiger charge is 2.41. The number of benzene rings is 1. The van der Waals surface area contributed by atoms with E-state index in [0.717, 1.165) is 0 Å². The minimum absolute atomic E-state index is 0.191. The first kappa shape index (κ1) is 17.8. The maximum atomic E-state index is 12.3. The van der Waals surface area contributed by atoms with Crippen LogP contribution in [0, 0.1) is 6.92 Å². The van der Waals surface area contributed by atoms with E-state index in [2.05, 4.69) is 10.1 Å². The van der Waals surface area contributed by atoms with Gasteiger partial charge in [-0.1, -0.05) is 0 Å². The van der Waals surface area contributed by atoms with Crippen molar-refractivity contribution >= 4 is 11.9 Å². The van der Waals surface area contributed by atoms with Crippen LogP contribution < -0.4 is 14.8 Å². The Balaban J connectivity index is 3.04. The van der Waals surface area contributed by atoms with Crippen LogP contribution in [0.3, 0.4) is 0 Å². The zero-order valence-electron chi connectivity index (χ0n) is 12.3. The number of hydrogen-bond donors (Lipinski definition) is 1. The molecule has 0 aromatic heterocycles. The van der Waals surface area contributed by atoms with Gasteiger partial charge in [0, 0.05) is 19.0 Å². The topological polar surface area (TPSA) is 64.6 Å². The van der Waals surface area contributed by atoms with Crippen LogP contribution in [-0.2, 0) is 16.0 Å². The van der Waals surface area contributed by atoms with Crippen LogP contribution in [0.15, 0.2) is 12.1 Å². The molecule has 0 bridgehead atoms. The Morgan fingerprint density at radius 2 is 1.86 bits per heavy atom. The lowest BCUT2D eigenvalue weighted by Gasteiger charge is -2.15. The smallest absolute Gasteiger partial charge is 0.491 e. The maximum absolute atomic E-state index is 12.3. The number of carbonyl (C=O) groups is 2. The van der Waals surface area contributed by atoms with E-state index in [9.17, 15) is 22.8 Å². The van der Waals surface area contributed by atoms with E-state index in [4.69, 9.17) is 4.74 Å². The summed E-state index contributed by atoms with van der Waals surface area (Å²) in [5.74, 6) is -2.32. The van der Waals surface area contributed by atoms with E-state index in [1.807, 2.05) is 0 Å². The molecular weight excluding hydrogens is 303 g/mol. The molecule has 0 heterocycles. The van der Waals surface area contributed by atoms with Crippen LogP contribution in [0.2, 0.25) is 0 Å². The summed E-state index contributed by atoms with van der Waals surface area (Å²) in [6.07, 6.45) is -4.89. The Bertz CT molecular complexity index is 570. The van der Waals surface area contributed by atoms with Crippen LogP contribution >= 0.6 is 0 Å². The number of rotatable bonds is 5. The first-order valence-corrected chi connectivity index (χ1v) is 6.36. The van der Waals surface area contributed by atoms with E-state index in [1.54, 1.807) is 6.92 Å². The summed E-state index contributed by atoms with van der Waals surface area (Å²) in [5, 5.41) is 2.51. The molecule has 22 heavy (non-hydrogen) atoms. The number of ether oxygens (including phenoxy) is 2. The number of aryl methyl sites for hydroxylation is 1. The Morgan fingerprint density at radius 3 is 2.36 bits per heavy atom. The van der Waals surface area contributed by atoms with Gasteiger partial charge in [-0.05, 0) is 31.0 Å². The van der Waals surface area contributed by atoms with Crippen molar-refractivity contribution in [1.82, 2.24) is 5.32 Å². The molecule has 0 radical (unpaired) electrons. The van der Waals surface area contributed by atoms with Gasteiger partial charge >= 0.3 is 12.1 Å². The third-order valence-corrected chi connectivity index (χ3v) is 2.78. The van der Waals surface area contributed by atoms with Gasteiger partial charge in [-0.25, -0.2) is 4.79 Å². The van der Waals surface area contributed by atoms with Crippen LogP contribution in [-0.4, -0.2) is 31.7 Å². The monoisotopic (exact) mass is 319 g/mol. The fourth-order valence-electron chi connectivity index (χ4n) is 1.74. The van der Waals surface area contributed by atoms with Gasteiger partial charge in [0.05, 0.1) is 7.11 Å². The van der Waals surface area contributed by atoms with Crippen molar-refractivity contribution in [1.29, 1.82) is 0 Å². The van der Waals surface area contributed by atoms with E-state index >= 15 is 0 Å². The van der Waals surface area contributed by atoms with Crippen molar-refractivity contribution in [2.24, 2.45) is 0 Å². The lowest BCUT2D eigenvalue weighted by molar-refractivity contribution is -0.189. The van der Waals surface area contributed by atoms with Crippen molar-refractivity contribution in [2.45, 2.75) is 26.4 Å². The Hall–Kier alpha value is -2.25. The molecule has 1 aromatic carbocycles. The molecule has 1 rings (SSSR count). The number of nitrogens with one attached hydrogen (secondary N) is 1. The number of amides is 1. The minimum Gasteiger partial charge on any atom is -0.496 e. The zero-order valence-corrected chi connectivity index (χ0v) is 12.3. The highest BCUT2D eigenvalue weighted by atomic mass is 19.4. The lowest BCUT2D eigenvalue weighted by atomic mass is 10.1. The number of methoxy groups -OCH3 is 1. The second-order valence-electron chi connectivity index (χ2n) is 4.55. The summed E-state index contributed by atoms with van der Waals surface area (Å²) in [5.41, 5.74) is 0.851. The Labute approximate surface area is 125 Å². The number of carbonyl (C=O) groups excluding carboxylic acids is 2. The van der Waals surface area contributed by atoms with Gasteiger partial charge in [-0.2, -0.15) is 13.2 Å². The van der Waals surface area contributed by atoms with Crippen molar-refractivity contribution in [2.75, 3.05) is 13.7 Å². The molecule has 122 valence electrons. The summed E-state index contributed by atoms with van der Waals surface area (Å²) in [6, 6.07) is 2.78. The predicted molar refractivity (Wildman–Crippen MR) is 71.8 cm³/mol. The largest absolute Gasteiger partial charge is 0.496 e. The van der Waals surface area contributed by atoms with E-state index in [-0.39, 0.29) is 24.6 Å². The molecule has 1 amide bonds. The van der Waals surface area contributed by atoms with Crippen molar-refractivity contribution in [3.05, 3.63) is 23.3 Å². The summed E-state index contributed by atoms with van der Waals surface area (Å²) < 4.78 is 46.4. The number of hydrogen-bond acceptors (Lipinski definition) is 4. The molecule has 0 spiro atoms. The molecule has 0 saturated carbocycles. The molecule has 0 aliphatic carbocycles. The molecule has 0 saturated heterocycles. The van der Waals surface area contributed by atoms with E-state index < -0.39 is 12.1 Å². The van der Waals surface area contributed by atoms with Crippen LogP contribution in [0.5, 0.6) is 11.5 Å². The van der Waals surface area contributed by atoms with Crippen LogP contribution in [0.25, 0.3) is 0 Å². The Morgan fingerprint density at radius 1 is 1.23 bits per heavy atom. The highest BCUT2D eigenvalue weighted by molar-refractivity contribution is 5.78. The number of esters is 1. The SMILES string of the molecule is COc1cc(CCNC(C)=O)c(OC(=O)C(F)(F)F)cc1C. The van der Waals surface area contributed by atoms with Crippen molar-refractivity contribution in [3.63, 3.8) is 0 Å². The molecule has 0 unspecified atom stereocenters. The third-order valence-electron chi connectivity index (χ3n) is 2.78. The third kappa shape index (κ3) is 4.94. The molecule has 1 N–H and O–H groups in total. The molecule has 0 fully saturated rings. The predicted octanol–water partition coefficient (Wildman–Crippen LogP) is 2.15. The van der Waals surface area contributed by atoms with Gasteiger partial charge in [-0.3, -0.25) is 4.79 Å². The second kappa shape index (κ2) is 7.15. The molecule has 1 aromatic rings. The van der Waals surface area contributed by atoms with Crippen LogP contribution in [0.1, 0.15) is 18.1 Å². The molecule has 0 aliphatic rings. The van der Waals surface area contributed by atoms with Gasteiger partial charge in [0.25, 0.3) is 0 Å². The maximum Gasteiger partial charge on any atom is 0.491 e. The fraction of sp³-hybridized carbons (Fsp3) is 0.429. The van der Waals surface area contributed by atoms with Gasteiger partial charge in [-0.15, -0.1) is 0 Å². The summed E-state index contributed by atoms with van der Waals surface area (Å²) >= 11 is 0. The van der Waals surface area contributed by atoms with Crippen molar-refractivity contribution < 1.29 is 32.2 Å². The van der Waals surface area contributed by atoms with Gasteiger partial charge in [0.1, 0.15) is 11.5 Å². The van der Waals surface area contributed by atoms with Gasteiger partial charge < -0.3 is 14.8 Å². The highest BCUT2D eigenvalue weighted by Crippen LogP contribution is 2.30. The molecule has 0 atom stereocenters. The zero-order chi connectivity index (χ0) is 16.9. The summed E-state index contributed by atoms with van der Waals surface area (Å²) in [4.78, 5) is 21.8. The van der Waals surface area contributed by atoms with Crippen molar-refractivity contribution in [3.8, 4) is 11.5 Å². The van der Waals surface area contributed by atoms with E-state index in [0.29, 0.717) is 16.9 Å². The quantitative estimate of drug-likeness (QED) is 0.667. The minimum atomic E-state index is -5.08. The standard InChI is InChI=1S/C14H16F3NO4/c1-8-6-12(22-13(20)14(15,16)17)10(7-11(8)21-3)4-5-18-9(2)19/h6-7H,4-5H2,1-3H3,(H,18,19). The molecule has 5 nitrogen and oxygen atoms in total. The first-order valence-electron chi connectivity index (χ1n) is 6.36. The lowest BCUT2D eigenvalue weighted by Crippen LogP contribution is -2.28. The van der Waals surface area contributed by atoms with E-state index in [1.165, 1.54) is 26.2 Å². The molecule has 8 heteroatoms. The van der Waals surface area contributed by atoms with Gasteiger partial charge in [0.2, 0.25) is 5.91 Å². The second-order valence-corrected chi connectivity index (χ2v) is 4.55. The normalized spacial score (nSPS) is 11.0. The average molecular weight is 319 g/mol. The molecule has 0 aliphatic heterocycles. The Kier molecular flexibility index (Phi) is 5.78. The first-order chi connectivity index (χ1) is 10.1. The average Bonchev–Trinajstić information content (AvgIpc) is 2.39. The number of halogens is 3. The summed E-state index contributed by atoms with van der Waals surface area (Å²) in [6.45, 7) is 3.12. The van der Waals surface area contributed by atoms with Crippen LogP contribution in [0.4, 0.5) is 13.2 Å².